The Morgan fingerprint density at radius 1 is 1.50 bits per heavy atom. The highest BCUT2D eigenvalue weighted by molar-refractivity contribution is 7.88. The highest BCUT2D eigenvalue weighted by Crippen LogP contribution is 2.25. The van der Waals surface area contributed by atoms with Crippen LogP contribution in [0.4, 0.5) is 4.39 Å². The molecule has 7 heteroatoms. The molecule has 1 saturated heterocycles. The van der Waals surface area contributed by atoms with Crippen molar-refractivity contribution in [1.82, 2.24) is 4.31 Å². The minimum absolute atomic E-state index is 0.0624. The van der Waals surface area contributed by atoms with Crippen LogP contribution in [0.1, 0.15) is 18.4 Å². The van der Waals surface area contributed by atoms with Crippen molar-refractivity contribution in [3.05, 3.63) is 34.6 Å². The zero-order valence-electron chi connectivity index (χ0n) is 11.2. The van der Waals surface area contributed by atoms with Gasteiger partial charge in [0.1, 0.15) is 5.82 Å². The Bertz CT molecular complexity index is 579. The molecule has 1 heterocycles. The molecular formula is C13H17ClFNO3S. The average Bonchev–Trinajstić information content (AvgIpc) is 2.83. The predicted octanol–water partition coefficient (Wildman–Crippen LogP) is 2.42. The van der Waals surface area contributed by atoms with Gasteiger partial charge in [0, 0.05) is 19.7 Å². The van der Waals surface area contributed by atoms with Crippen LogP contribution >= 0.6 is 11.6 Å². The van der Waals surface area contributed by atoms with Gasteiger partial charge in [0.2, 0.25) is 10.0 Å². The first-order valence-electron chi connectivity index (χ1n) is 6.36. The first-order valence-corrected chi connectivity index (χ1v) is 8.35. The lowest BCUT2D eigenvalue weighted by atomic mass is 10.2. The summed E-state index contributed by atoms with van der Waals surface area (Å²) in [6.45, 7) is 0.898. The molecule has 0 spiro atoms. The summed E-state index contributed by atoms with van der Waals surface area (Å²) in [6.07, 6.45) is 1.63. The summed E-state index contributed by atoms with van der Waals surface area (Å²) in [7, 11) is -1.88. The lowest BCUT2D eigenvalue weighted by molar-refractivity contribution is 0.149. The second kappa shape index (κ2) is 6.39. The smallest absolute Gasteiger partial charge is 0.218 e. The molecule has 0 amide bonds. The van der Waals surface area contributed by atoms with Crippen LogP contribution in [0.25, 0.3) is 0 Å². The van der Waals surface area contributed by atoms with Crippen LogP contribution in [0.5, 0.6) is 0 Å². The number of rotatable bonds is 5. The van der Waals surface area contributed by atoms with E-state index in [0.717, 1.165) is 12.8 Å². The molecule has 0 saturated carbocycles. The van der Waals surface area contributed by atoms with Gasteiger partial charge in [-0.2, -0.15) is 4.31 Å². The Morgan fingerprint density at radius 3 is 2.90 bits per heavy atom. The van der Waals surface area contributed by atoms with Gasteiger partial charge >= 0.3 is 0 Å². The molecule has 1 fully saturated rings. The van der Waals surface area contributed by atoms with Gasteiger partial charge in [-0.3, -0.25) is 0 Å². The van der Waals surface area contributed by atoms with Crippen LogP contribution in [-0.2, 0) is 20.5 Å². The van der Waals surface area contributed by atoms with Gasteiger partial charge in [-0.1, -0.05) is 17.7 Å². The van der Waals surface area contributed by atoms with Crippen molar-refractivity contribution in [2.24, 2.45) is 0 Å². The highest BCUT2D eigenvalue weighted by atomic mass is 35.5. The van der Waals surface area contributed by atoms with Crippen molar-refractivity contribution in [1.29, 1.82) is 0 Å². The van der Waals surface area contributed by atoms with Crippen LogP contribution in [0.15, 0.2) is 18.2 Å². The Balaban J connectivity index is 2.16. The Kier molecular flexibility index (Phi) is 5.01. The number of ether oxygens (including phenoxy) is 1. The van der Waals surface area contributed by atoms with Crippen molar-refractivity contribution >= 4 is 21.6 Å². The number of hydrogen-bond acceptors (Lipinski definition) is 3. The zero-order chi connectivity index (χ0) is 14.8. The third-order valence-corrected chi connectivity index (χ3v) is 5.56. The second-order valence-corrected chi connectivity index (χ2v) is 7.20. The minimum atomic E-state index is -3.44. The van der Waals surface area contributed by atoms with E-state index >= 15 is 0 Å². The number of methoxy groups -OCH3 is 1. The number of halogens is 2. The van der Waals surface area contributed by atoms with E-state index < -0.39 is 15.8 Å². The molecular weight excluding hydrogens is 305 g/mol. The van der Waals surface area contributed by atoms with E-state index in [9.17, 15) is 12.8 Å². The Morgan fingerprint density at radius 2 is 2.25 bits per heavy atom. The maximum Gasteiger partial charge on any atom is 0.218 e. The van der Waals surface area contributed by atoms with Gasteiger partial charge in [0.05, 0.1) is 17.4 Å². The van der Waals surface area contributed by atoms with E-state index in [0.29, 0.717) is 18.7 Å². The molecule has 1 aromatic carbocycles. The molecule has 1 aromatic rings. The maximum atomic E-state index is 13.1. The van der Waals surface area contributed by atoms with Crippen LogP contribution in [0.2, 0.25) is 5.02 Å². The quantitative estimate of drug-likeness (QED) is 0.836. The maximum absolute atomic E-state index is 13.1. The molecule has 0 radical (unpaired) electrons. The van der Waals surface area contributed by atoms with Crippen molar-refractivity contribution in [2.75, 3.05) is 20.3 Å². The molecule has 20 heavy (non-hydrogen) atoms. The van der Waals surface area contributed by atoms with Gasteiger partial charge in [0.25, 0.3) is 0 Å². The largest absolute Gasteiger partial charge is 0.383 e. The summed E-state index contributed by atoms with van der Waals surface area (Å²) in [5, 5.41) is -0.0624. The fourth-order valence-electron chi connectivity index (χ4n) is 2.46. The molecule has 1 aliphatic rings. The highest BCUT2D eigenvalue weighted by Gasteiger charge is 2.34. The van der Waals surface area contributed by atoms with Crippen LogP contribution in [0, 0.1) is 5.82 Å². The number of nitrogens with zero attached hydrogens (tertiary/aromatic N) is 1. The fourth-order valence-corrected chi connectivity index (χ4v) is 4.45. The van der Waals surface area contributed by atoms with Gasteiger partial charge in [-0.25, -0.2) is 12.8 Å². The van der Waals surface area contributed by atoms with Crippen LogP contribution in [0.3, 0.4) is 0 Å². The molecule has 1 atom stereocenters. The third kappa shape index (κ3) is 3.49. The van der Waals surface area contributed by atoms with Gasteiger partial charge in [-0.15, -0.1) is 0 Å². The Hall–Kier alpha value is -0.690. The zero-order valence-corrected chi connectivity index (χ0v) is 12.8. The van der Waals surface area contributed by atoms with Crippen molar-refractivity contribution in [3.63, 3.8) is 0 Å². The lowest BCUT2D eigenvalue weighted by Crippen LogP contribution is -2.38. The molecule has 0 aliphatic carbocycles. The number of sulfonamides is 1. The summed E-state index contributed by atoms with van der Waals surface area (Å²) in [5.74, 6) is -0.723. The molecule has 112 valence electrons. The Labute approximate surface area is 123 Å². The third-order valence-electron chi connectivity index (χ3n) is 3.37. The van der Waals surface area contributed by atoms with Crippen molar-refractivity contribution < 1.29 is 17.5 Å². The van der Waals surface area contributed by atoms with Crippen LogP contribution in [-0.4, -0.2) is 39.0 Å². The number of hydrogen-bond donors (Lipinski definition) is 0. The standard InChI is InChI=1S/C13H17ClFNO3S/c1-19-8-11-3-2-6-16(11)20(17,18)9-10-4-5-13(15)12(14)7-10/h4-5,7,11H,2-3,6,8-9H2,1H3. The monoisotopic (exact) mass is 321 g/mol. The molecule has 0 N–H and O–H groups in total. The van der Waals surface area contributed by atoms with E-state index in [2.05, 4.69) is 0 Å². The first kappa shape index (κ1) is 15.7. The van der Waals surface area contributed by atoms with E-state index in [4.69, 9.17) is 16.3 Å². The predicted molar refractivity (Wildman–Crippen MR) is 75.6 cm³/mol. The SMILES string of the molecule is COCC1CCCN1S(=O)(=O)Cc1ccc(F)c(Cl)c1. The topological polar surface area (TPSA) is 46.6 Å². The average molecular weight is 322 g/mol. The van der Waals surface area contributed by atoms with Crippen molar-refractivity contribution in [3.8, 4) is 0 Å². The first-order chi connectivity index (χ1) is 9.44. The fraction of sp³-hybridized carbons (Fsp3) is 0.538. The van der Waals surface area contributed by atoms with E-state index in [-0.39, 0.29) is 16.8 Å². The molecule has 0 aromatic heterocycles. The summed E-state index contributed by atoms with van der Waals surface area (Å²) in [6, 6.07) is 3.88. The summed E-state index contributed by atoms with van der Waals surface area (Å²) < 4.78 is 44.5. The van der Waals surface area contributed by atoms with E-state index in [1.165, 1.54) is 22.5 Å². The second-order valence-electron chi connectivity index (χ2n) is 4.87. The number of benzene rings is 1. The molecule has 4 nitrogen and oxygen atoms in total. The van der Waals surface area contributed by atoms with Crippen LogP contribution < -0.4 is 0 Å². The lowest BCUT2D eigenvalue weighted by Gasteiger charge is -2.23. The molecule has 0 bridgehead atoms. The molecule has 1 aliphatic heterocycles. The van der Waals surface area contributed by atoms with E-state index in [1.807, 2.05) is 0 Å². The minimum Gasteiger partial charge on any atom is -0.383 e. The summed E-state index contributed by atoms with van der Waals surface area (Å²) in [5.41, 5.74) is 0.486. The summed E-state index contributed by atoms with van der Waals surface area (Å²) >= 11 is 5.68. The van der Waals surface area contributed by atoms with Gasteiger partial charge < -0.3 is 4.74 Å². The van der Waals surface area contributed by atoms with Crippen molar-refractivity contribution in [2.45, 2.75) is 24.6 Å². The molecule has 2 rings (SSSR count). The van der Waals surface area contributed by atoms with Gasteiger partial charge in [-0.05, 0) is 30.5 Å². The van der Waals surface area contributed by atoms with E-state index in [1.54, 1.807) is 7.11 Å². The normalized spacial score (nSPS) is 20.4. The van der Waals surface area contributed by atoms with Gasteiger partial charge in [0.15, 0.2) is 0 Å². The molecule has 1 unspecified atom stereocenters. The summed E-state index contributed by atoms with van der Waals surface area (Å²) in [4.78, 5) is 0.